The molecule has 1 rings (SSSR count). The lowest BCUT2D eigenvalue weighted by Crippen LogP contribution is -2.43. The number of hydrogen-bond donors (Lipinski definition) is 4. The van der Waals surface area contributed by atoms with E-state index in [4.69, 9.17) is 11.1 Å². The minimum absolute atomic E-state index is 0.00185. The Kier molecular flexibility index (Phi) is 6.99. The second-order valence-electron chi connectivity index (χ2n) is 6.60. The van der Waals surface area contributed by atoms with Crippen LogP contribution in [0.2, 0.25) is 0 Å². The Morgan fingerprint density at radius 2 is 2.05 bits per heavy atom. The first kappa shape index (κ1) is 17.8. The lowest BCUT2D eigenvalue weighted by atomic mass is 9.63. The summed E-state index contributed by atoms with van der Waals surface area (Å²) < 4.78 is 0. The van der Waals surface area contributed by atoms with Gasteiger partial charge in [0, 0.05) is 6.54 Å². The lowest BCUT2D eigenvalue weighted by molar-refractivity contribution is -0.156. The zero-order valence-corrected chi connectivity index (χ0v) is 13.5. The van der Waals surface area contributed by atoms with Crippen molar-refractivity contribution in [3.05, 3.63) is 0 Å². The Morgan fingerprint density at radius 1 is 1.43 bits per heavy atom. The Morgan fingerprint density at radius 3 is 2.52 bits per heavy atom. The minimum Gasteiger partial charge on any atom is -0.481 e. The molecule has 0 heterocycles. The molecule has 122 valence electrons. The molecule has 21 heavy (non-hydrogen) atoms. The maximum absolute atomic E-state index is 11.9. The third kappa shape index (κ3) is 4.90. The van der Waals surface area contributed by atoms with Crippen molar-refractivity contribution in [1.82, 2.24) is 5.32 Å². The van der Waals surface area contributed by atoms with Gasteiger partial charge in [0.2, 0.25) is 0 Å². The van der Waals surface area contributed by atoms with E-state index in [0.29, 0.717) is 12.5 Å². The van der Waals surface area contributed by atoms with Crippen molar-refractivity contribution >= 4 is 11.9 Å². The predicted octanol–water partition coefficient (Wildman–Crippen LogP) is 2.95. The van der Waals surface area contributed by atoms with Crippen molar-refractivity contribution in [2.45, 2.75) is 65.2 Å². The van der Waals surface area contributed by atoms with Crippen LogP contribution in [0.15, 0.2) is 0 Å². The number of carboxylic acid groups (broad SMARTS) is 1. The van der Waals surface area contributed by atoms with Gasteiger partial charge in [0.25, 0.3) is 0 Å². The third-order valence-electron chi connectivity index (χ3n) is 5.19. The van der Waals surface area contributed by atoms with E-state index in [-0.39, 0.29) is 11.9 Å². The average Bonchev–Trinajstić information content (AvgIpc) is 2.45. The summed E-state index contributed by atoms with van der Waals surface area (Å²) in [5, 5.41) is 19.8. The molecule has 1 saturated carbocycles. The molecule has 0 bridgehead atoms. The number of carboxylic acids is 1. The summed E-state index contributed by atoms with van der Waals surface area (Å²) in [5.74, 6) is 0.0509. The fraction of sp³-hybridized carbons (Fsp3) is 0.875. The topological polar surface area (TPSA) is 99.2 Å². The van der Waals surface area contributed by atoms with Crippen LogP contribution in [0.5, 0.6) is 0 Å². The van der Waals surface area contributed by atoms with E-state index >= 15 is 0 Å². The van der Waals surface area contributed by atoms with E-state index in [1.807, 2.05) is 0 Å². The zero-order chi connectivity index (χ0) is 15.9. The predicted molar refractivity (Wildman–Crippen MR) is 85.2 cm³/mol. The van der Waals surface area contributed by atoms with Gasteiger partial charge in [0.1, 0.15) is 0 Å². The third-order valence-corrected chi connectivity index (χ3v) is 5.19. The van der Waals surface area contributed by atoms with Crippen molar-refractivity contribution in [2.24, 2.45) is 23.0 Å². The quantitative estimate of drug-likeness (QED) is 0.314. The van der Waals surface area contributed by atoms with Crippen LogP contribution in [0.3, 0.4) is 0 Å². The molecular formula is C16H31N3O2. The maximum Gasteiger partial charge on any atom is 0.309 e. The van der Waals surface area contributed by atoms with Crippen LogP contribution in [0.4, 0.5) is 0 Å². The molecule has 0 aromatic rings. The average molecular weight is 297 g/mol. The molecule has 5 nitrogen and oxygen atoms in total. The number of guanidine groups is 1. The highest BCUT2D eigenvalue weighted by molar-refractivity contribution is 5.75. The summed E-state index contributed by atoms with van der Waals surface area (Å²) in [4.78, 5) is 11.9. The van der Waals surface area contributed by atoms with Gasteiger partial charge in [-0.25, -0.2) is 0 Å². The van der Waals surface area contributed by atoms with E-state index < -0.39 is 11.4 Å². The summed E-state index contributed by atoms with van der Waals surface area (Å²) in [6.07, 6.45) is 7.81. The fourth-order valence-corrected chi connectivity index (χ4v) is 3.55. The van der Waals surface area contributed by atoms with Gasteiger partial charge >= 0.3 is 5.97 Å². The first-order valence-electron chi connectivity index (χ1n) is 8.23. The van der Waals surface area contributed by atoms with Gasteiger partial charge in [-0.15, -0.1) is 0 Å². The van der Waals surface area contributed by atoms with Gasteiger partial charge in [-0.05, 0) is 43.9 Å². The molecule has 1 aliphatic rings. The molecule has 5 N–H and O–H groups in total. The number of carbonyl (C=O) groups is 1. The molecule has 1 aliphatic carbocycles. The number of rotatable bonds is 8. The van der Waals surface area contributed by atoms with Crippen molar-refractivity contribution in [3.63, 3.8) is 0 Å². The summed E-state index contributed by atoms with van der Waals surface area (Å²) in [7, 11) is 0. The van der Waals surface area contributed by atoms with E-state index in [2.05, 4.69) is 19.2 Å². The molecule has 5 heteroatoms. The largest absolute Gasteiger partial charge is 0.481 e. The van der Waals surface area contributed by atoms with E-state index in [9.17, 15) is 9.90 Å². The maximum atomic E-state index is 11.9. The Balaban J connectivity index is 2.56. The molecule has 0 aromatic carbocycles. The van der Waals surface area contributed by atoms with Gasteiger partial charge < -0.3 is 16.2 Å². The van der Waals surface area contributed by atoms with Crippen molar-refractivity contribution in [3.8, 4) is 0 Å². The summed E-state index contributed by atoms with van der Waals surface area (Å²) >= 11 is 0. The second-order valence-corrected chi connectivity index (χ2v) is 6.60. The van der Waals surface area contributed by atoms with Crippen LogP contribution in [0, 0.1) is 22.7 Å². The molecule has 0 spiro atoms. The van der Waals surface area contributed by atoms with E-state index in [1.54, 1.807) is 0 Å². The number of hydrogen-bond acceptors (Lipinski definition) is 2. The Labute approximate surface area is 128 Å². The Bertz CT molecular complexity index is 349. The molecule has 1 unspecified atom stereocenters. The van der Waals surface area contributed by atoms with Gasteiger partial charge in [-0.3, -0.25) is 10.2 Å². The zero-order valence-electron chi connectivity index (χ0n) is 13.5. The number of nitrogens with two attached hydrogens (primary N) is 1. The smallest absolute Gasteiger partial charge is 0.309 e. The number of nitrogens with one attached hydrogen (secondary N) is 2. The number of aliphatic carboxylic acids is 1. The van der Waals surface area contributed by atoms with E-state index in [0.717, 1.165) is 38.5 Å². The van der Waals surface area contributed by atoms with Gasteiger partial charge in [-0.1, -0.05) is 33.1 Å². The molecule has 0 amide bonds. The Hall–Kier alpha value is -1.26. The van der Waals surface area contributed by atoms with Gasteiger partial charge in [0.15, 0.2) is 5.96 Å². The van der Waals surface area contributed by atoms with E-state index in [1.165, 1.54) is 12.8 Å². The van der Waals surface area contributed by atoms with Crippen LogP contribution < -0.4 is 11.1 Å². The van der Waals surface area contributed by atoms with Crippen LogP contribution >= 0.6 is 0 Å². The fourth-order valence-electron chi connectivity index (χ4n) is 3.55. The van der Waals surface area contributed by atoms with Crippen LogP contribution in [-0.4, -0.2) is 23.6 Å². The van der Waals surface area contributed by atoms with Gasteiger partial charge in [-0.2, -0.15) is 0 Å². The second kappa shape index (κ2) is 8.25. The molecule has 0 aliphatic heterocycles. The summed E-state index contributed by atoms with van der Waals surface area (Å²) in [6.45, 7) is 4.97. The van der Waals surface area contributed by atoms with Crippen molar-refractivity contribution < 1.29 is 9.90 Å². The van der Waals surface area contributed by atoms with Crippen LogP contribution in [0.1, 0.15) is 65.2 Å². The monoisotopic (exact) mass is 297 g/mol. The standard InChI is InChI=1S/C16H31N3O2/c1-3-4-5-6-12(2)16(14(20)21)9-7-13(8-10-16)11-19-15(17)18/h12-13H,3-11H2,1-2H3,(H,20,21)(H4,17,18,19). The molecule has 0 saturated heterocycles. The van der Waals surface area contributed by atoms with Crippen molar-refractivity contribution in [1.29, 1.82) is 5.41 Å². The lowest BCUT2D eigenvalue weighted by Gasteiger charge is -2.41. The highest BCUT2D eigenvalue weighted by Crippen LogP contribution is 2.46. The van der Waals surface area contributed by atoms with Crippen molar-refractivity contribution in [2.75, 3.05) is 6.54 Å². The minimum atomic E-state index is -0.621. The number of unbranched alkanes of at least 4 members (excludes halogenated alkanes) is 2. The summed E-state index contributed by atoms with van der Waals surface area (Å²) in [5.41, 5.74) is 4.76. The first-order valence-corrected chi connectivity index (χ1v) is 8.23. The van der Waals surface area contributed by atoms with Crippen LogP contribution in [0.25, 0.3) is 0 Å². The summed E-state index contributed by atoms with van der Waals surface area (Å²) in [6, 6.07) is 0. The van der Waals surface area contributed by atoms with Gasteiger partial charge in [0.05, 0.1) is 5.41 Å². The molecule has 0 aromatic heterocycles. The first-order chi connectivity index (χ1) is 9.92. The highest BCUT2D eigenvalue weighted by Gasteiger charge is 2.45. The molecular weight excluding hydrogens is 266 g/mol. The normalized spacial score (nSPS) is 27.0. The molecule has 0 radical (unpaired) electrons. The SMILES string of the molecule is CCCCCC(C)C1(C(=O)O)CCC(CNC(=N)N)CC1. The molecule has 1 atom stereocenters. The molecule has 1 fully saturated rings. The highest BCUT2D eigenvalue weighted by atomic mass is 16.4. The van der Waals surface area contributed by atoms with Crippen LogP contribution in [-0.2, 0) is 4.79 Å².